The summed E-state index contributed by atoms with van der Waals surface area (Å²) >= 11 is 0. The minimum atomic E-state index is -1.55. The van der Waals surface area contributed by atoms with Crippen molar-refractivity contribution in [2.75, 3.05) is 0 Å². The van der Waals surface area contributed by atoms with Gasteiger partial charge in [0, 0.05) is 6.42 Å². The van der Waals surface area contributed by atoms with Gasteiger partial charge in [0.2, 0.25) is 17.7 Å². The molecule has 2 rings (SSSR count). The maximum atomic E-state index is 12.9. The van der Waals surface area contributed by atoms with Crippen LogP contribution in [0.5, 0.6) is 0 Å². The van der Waals surface area contributed by atoms with Crippen LogP contribution in [0.4, 0.5) is 0 Å². The van der Waals surface area contributed by atoms with Crippen molar-refractivity contribution in [1.29, 1.82) is 0 Å². The van der Waals surface area contributed by atoms with Crippen LogP contribution in [0.2, 0.25) is 0 Å². The smallest absolute Gasteiger partial charge is 0.328 e. The van der Waals surface area contributed by atoms with E-state index >= 15 is 0 Å². The van der Waals surface area contributed by atoms with Crippen molar-refractivity contribution in [3.63, 3.8) is 0 Å². The highest BCUT2D eigenvalue weighted by atomic mass is 16.4. The highest BCUT2D eigenvalue weighted by Crippen LogP contribution is 2.06. The van der Waals surface area contributed by atoms with Crippen molar-refractivity contribution in [1.82, 2.24) is 16.0 Å². The zero-order chi connectivity index (χ0) is 26.0. The number of carboxylic acid groups (broad SMARTS) is 1. The van der Waals surface area contributed by atoms with E-state index in [-0.39, 0.29) is 12.8 Å². The van der Waals surface area contributed by atoms with Crippen LogP contribution in [-0.2, 0) is 32.0 Å². The molecule has 2 aromatic carbocycles. The standard InChI is InChI=1S/C25H32N4O6/c1-15(27-23(32)19(26)13-17-9-5-3-6-10-17)22(31)28-20(14-18-11-7-4-8-12-18)24(33)29-21(16(2)30)25(34)35/h3-12,15-16,19-21,30H,13-14,26H2,1-2H3,(H,27,32)(H,28,31)(H,29,33)(H,34,35). The summed E-state index contributed by atoms with van der Waals surface area (Å²) in [6.45, 7) is 2.69. The van der Waals surface area contributed by atoms with Crippen LogP contribution in [0.3, 0.4) is 0 Å². The third kappa shape index (κ3) is 8.84. The van der Waals surface area contributed by atoms with Gasteiger partial charge in [0.25, 0.3) is 0 Å². The van der Waals surface area contributed by atoms with Crippen LogP contribution < -0.4 is 21.7 Å². The fourth-order valence-corrected chi connectivity index (χ4v) is 3.35. The third-order valence-electron chi connectivity index (χ3n) is 5.35. The molecule has 5 unspecified atom stereocenters. The predicted octanol–water partition coefficient (Wildman–Crippen LogP) is -0.261. The number of hydrogen-bond donors (Lipinski definition) is 6. The van der Waals surface area contributed by atoms with Gasteiger partial charge in [0.05, 0.1) is 12.1 Å². The molecule has 0 spiro atoms. The third-order valence-corrected chi connectivity index (χ3v) is 5.35. The summed E-state index contributed by atoms with van der Waals surface area (Å²) in [6, 6.07) is 13.4. The molecule has 188 valence electrons. The van der Waals surface area contributed by atoms with Gasteiger partial charge in [-0.25, -0.2) is 4.79 Å². The van der Waals surface area contributed by atoms with E-state index in [0.717, 1.165) is 11.1 Å². The Morgan fingerprint density at radius 2 is 1.29 bits per heavy atom. The van der Waals surface area contributed by atoms with Gasteiger partial charge in [-0.3, -0.25) is 14.4 Å². The van der Waals surface area contributed by atoms with Gasteiger partial charge >= 0.3 is 5.97 Å². The van der Waals surface area contributed by atoms with Gasteiger partial charge in [-0.2, -0.15) is 0 Å². The van der Waals surface area contributed by atoms with Crippen LogP contribution in [0.1, 0.15) is 25.0 Å². The normalized spacial score (nSPS) is 15.1. The SMILES string of the molecule is CC(NC(=O)C(N)Cc1ccccc1)C(=O)NC(Cc1ccccc1)C(=O)NC(C(=O)O)C(C)O. The number of nitrogens with two attached hydrogens (primary N) is 1. The summed E-state index contributed by atoms with van der Waals surface area (Å²) in [6.07, 6.45) is -0.997. The first-order valence-corrected chi connectivity index (χ1v) is 11.2. The Kier molecular flexibility index (Phi) is 10.4. The van der Waals surface area contributed by atoms with E-state index in [1.165, 1.54) is 13.8 Å². The summed E-state index contributed by atoms with van der Waals surface area (Å²) < 4.78 is 0. The maximum absolute atomic E-state index is 12.9. The molecule has 10 heteroatoms. The summed E-state index contributed by atoms with van der Waals surface area (Å²) in [5.74, 6) is -3.37. The van der Waals surface area contributed by atoms with Crippen LogP contribution in [0.25, 0.3) is 0 Å². The number of carbonyl (C=O) groups is 4. The van der Waals surface area contributed by atoms with E-state index in [9.17, 15) is 29.4 Å². The number of benzene rings is 2. The van der Waals surface area contributed by atoms with Gasteiger partial charge in [-0.1, -0.05) is 60.7 Å². The molecule has 0 fully saturated rings. The molecule has 0 heterocycles. The molecule has 10 nitrogen and oxygen atoms in total. The van der Waals surface area contributed by atoms with E-state index < -0.39 is 54.0 Å². The van der Waals surface area contributed by atoms with E-state index in [0.29, 0.717) is 0 Å². The van der Waals surface area contributed by atoms with E-state index in [4.69, 9.17) is 5.73 Å². The molecule has 2 aromatic rings. The van der Waals surface area contributed by atoms with E-state index in [1.807, 2.05) is 30.3 Å². The number of nitrogens with one attached hydrogen (secondary N) is 3. The first-order valence-electron chi connectivity index (χ1n) is 11.2. The Bertz CT molecular complexity index is 1000. The van der Waals surface area contributed by atoms with Gasteiger partial charge < -0.3 is 31.9 Å². The number of aliphatic hydroxyl groups is 1. The van der Waals surface area contributed by atoms with Crippen molar-refractivity contribution in [3.05, 3.63) is 71.8 Å². The number of aliphatic carboxylic acids is 1. The van der Waals surface area contributed by atoms with Crippen LogP contribution in [0.15, 0.2) is 60.7 Å². The minimum Gasteiger partial charge on any atom is -0.480 e. The molecule has 0 saturated heterocycles. The van der Waals surface area contributed by atoms with Crippen LogP contribution >= 0.6 is 0 Å². The summed E-state index contributed by atoms with van der Waals surface area (Å²) in [5.41, 5.74) is 7.57. The Balaban J connectivity index is 2.06. The first-order chi connectivity index (χ1) is 16.6. The number of hydrogen-bond acceptors (Lipinski definition) is 6. The zero-order valence-corrected chi connectivity index (χ0v) is 19.7. The molecule has 3 amide bonds. The average Bonchev–Trinajstić information content (AvgIpc) is 2.82. The number of aliphatic hydroxyl groups excluding tert-OH is 1. The number of rotatable bonds is 12. The summed E-state index contributed by atoms with van der Waals surface area (Å²) in [7, 11) is 0. The maximum Gasteiger partial charge on any atom is 0.328 e. The molecular weight excluding hydrogens is 452 g/mol. The predicted molar refractivity (Wildman–Crippen MR) is 129 cm³/mol. The monoisotopic (exact) mass is 484 g/mol. The van der Waals surface area contributed by atoms with Crippen LogP contribution in [-0.4, -0.2) is 64.2 Å². The molecule has 7 N–H and O–H groups in total. The zero-order valence-electron chi connectivity index (χ0n) is 19.7. The van der Waals surface area contributed by atoms with E-state index in [2.05, 4.69) is 16.0 Å². The van der Waals surface area contributed by atoms with Gasteiger partial charge in [-0.15, -0.1) is 0 Å². The lowest BCUT2D eigenvalue weighted by atomic mass is 10.0. The van der Waals surface area contributed by atoms with Crippen molar-refractivity contribution < 1.29 is 29.4 Å². The molecular formula is C25H32N4O6. The molecule has 5 atom stereocenters. The topological polar surface area (TPSA) is 171 Å². The molecule has 0 aliphatic rings. The summed E-state index contributed by atoms with van der Waals surface area (Å²) in [5, 5.41) is 26.3. The van der Waals surface area contributed by atoms with Crippen molar-refractivity contribution >= 4 is 23.7 Å². The second-order valence-corrected chi connectivity index (χ2v) is 8.34. The quantitative estimate of drug-likeness (QED) is 0.241. The van der Waals surface area contributed by atoms with Crippen LogP contribution in [0, 0.1) is 0 Å². The van der Waals surface area contributed by atoms with Gasteiger partial charge in [0.15, 0.2) is 6.04 Å². The largest absolute Gasteiger partial charge is 0.480 e. The molecule has 0 radical (unpaired) electrons. The average molecular weight is 485 g/mol. The molecule has 0 saturated carbocycles. The first kappa shape index (κ1) is 27.5. The number of carboxylic acids is 1. The van der Waals surface area contributed by atoms with Crippen molar-refractivity contribution in [2.24, 2.45) is 5.73 Å². The number of amides is 3. The Morgan fingerprint density at radius 3 is 1.77 bits per heavy atom. The summed E-state index contributed by atoms with van der Waals surface area (Å²) in [4.78, 5) is 49.5. The van der Waals surface area contributed by atoms with E-state index in [1.54, 1.807) is 30.3 Å². The molecule has 0 aliphatic heterocycles. The van der Waals surface area contributed by atoms with Gasteiger partial charge in [-0.05, 0) is 31.4 Å². The van der Waals surface area contributed by atoms with Crippen molar-refractivity contribution in [3.8, 4) is 0 Å². The lowest BCUT2D eigenvalue weighted by Crippen LogP contribution is -2.58. The lowest BCUT2D eigenvalue weighted by Gasteiger charge is -2.24. The Morgan fingerprint density at radius 1 is 0.771 bits per heavy atom. The molecule has 35 heavy (non-hydrogen) atoms. The highest BCUT2D eigenvalue weighted by Gasteiger charge is 2.31. The minimum absolute atomic E-state index is 0.0682. The molecule has 0 aromatic heterocycles. The second-order valence-electron chi connectivity index (χ2n) is 8.34. The fourth-order valence-electron chi connectivity index (χ4n) is 3.35. The van der Waals surface area contributed by atoms with Gasteiger partial charge in [0.1, 0.15) is 12.1 Å². The lowest BCUT2D eigenvalue weighted by molar-refractivity contribution is -0.145. The molecule has 0 aliphatic carbocycles. The van der Waals surface area contributed by atoms with Crippen molar-refractivity contribution in [2.45, 2.75) is 57.0 Å². The number of carbonyl (C=O) groups excluding carboxylic acids is 3. The molecule has 0 bridgehead atoms. The second kappa shape index (κ2) is 13.2. The highest BCUT2D eigenvalue weighted by molar-refractivity contribution is 5.94. The Hall–Kier alpha value is -3.76. The fraction of sp³-hybridized carbons (Fsp3) is 0.360. The Labute approximate surface area is 203 Å².